The van der Waals surface area contributed by atoms with Crippen molar-refractivity contribution in [3.63, 3.8) is 0 Å². The number of aromatic nitrogens is 1. The lowest BCUT2D eigenvalue weighted by atomic mass is 10.2. The van der Waals surface area contributed by atoms with Crippen LogP contribution in [-0.4, -0.2) is 36.1 Å². The predicted molar refractivity (Wildman–Crippen MR) is 110 cm³/mol. The van der Waals surface area contributed by atoms with E-state index in [4.69, 9.17) is 16.6 Å². The molecule has 0 saturated carbocycles. The zero-order chi connectivity index (χ0) is 17.8. The molecule has 1 saturated heterocycles. The van der Waals surface area contributed by atoms with Gasteiger partial charge in [-0.1, -0.05) is 41.9 Å². The van der Waals surface area contributed by atoms with Crippen LogP contribution in [0.5, 0.6) is 0 Å². The lowest BCUT2D eigenvalue weighted by Crippen LogP contribution is -2.46. The first-order valence-electron chi connectivity index (χ1n) is 8.96. The van der Waals surface area contributed by atoms with E-state index in [9.17, 15) is 0 Å². The molecular formula is C21H22ClN3S. The molecule has 134 valence electrons. The van der Waals surface area contributed by atoms with Crippen molar-refractivity contribution in [2.24, 2.45) is 0 Å². The fraction of sp³-hybridized carbons (Fsp3) is 0.286. The van der Waals surface area contributed by atoms with Crippen LogP contribution in [0, 0.1) is 0 Å². The maximum absolute atomic E-state index is 5.98. The van der Waals surface area contributed by atoms with E-state index in [0.717, 1.165) is 44.2 Å². The van der Waals surface area contributed by atoms with E-state index in [2.05, 4.69) is 57.6 Å². The van der Waals surface area contributed by atoms with Crippen LogP contribution in [0.2, 0.25) is 5.02 Å². The summed E-state index contributed by atoms with van der Waals surface area (Å²) in [5, 5.41) is 4.21. The van der Waals surface area contributed by atoms with Crippen LogP contribution >= 0.6 is 22.9 Å². The summed E-state index contributed by atoms with van der Waals surface area (Å²) < 4.78 is 0. The summed E-state index contributed by atoms with van der Waals surface area (Å²) in [4.78, 5) is 9.75. The number of thiazole rings is 1. The van der Waals surface area contributed by atoms with E-state index in [-0.39, 0.29) is 0 Å². The molecule has 4 rings (SSSR count). The molecule has 0 bridgehead atoms. The van der Waals surface area contributed by atoms with E-state index in [1.165, 1.54) is 22.0 Å². The van der Waals surface area contributed by atoms with Crippen molar-refractivity contribution in [3.8, 4) is 0 Å². The van der Waals surface area contributed by atoms with Gasteiger partial charge < -0.3 is 4.90 Å². The third-order valence-corrected chi connectivity index (χ3v) is 5.90. The third-order valence-electron chi connectivity index (χ3n) is 4.75. The average Bonchev–Trinajstić information content (AvgIpc) is 3.11. The van der Waals surface area contributed by atoms with Gasteiger partial charge >= 0.3 is 0 Å². The molecule has 1 fully saturated rings. The van der Waals surface area contributed by atoms with Crippen LogP contribution in [0.4, 0.5) is 5.69 Å². The van der Waals surface area contributed by atoms with Crippen molar-refractivity contribution in [1.82, 2.24) is 9.88 Å². The highest BCUT2D eigenvalue weighted by atomic mass is 35.5. The second-order valence-corrected chi connectivity index (χ2v) is 8.01. The highest BCUT2D eigenvalue weighted by molar-refractivity contribution is 7.09. The van der Waals surface area contributed by atoms with Crippen molar-refractivity contribution in [3.05, 3.63) is 81.3 Å². The van der Waals surface area contributed by atoms with Crippen LogP contribution in [0.1, 0.15) is 16.3 Å². The smallest absolute Gasteiger partial charge is 0.0972 e. The normalized spacial score (nSPS) is 15.3. The molecule has 5 heteroatoms. The van der Waals surface area contributed by atoms with Crippen molar-refractivity contribution < 1.29 is 0 Å². The zero-order valence-corrected chi connectivity index (χ0v) is 16.2. The quantitative estimate of drug-likeness (QED) is 0.636. The number of benzene rings is 2. The molecule has 1 aliphatic rings. The molecule has 2 heterocycles. The Hall–Kier alpha value is -1.88. The summed E-state index contributed by atoms with van der Waals surface area (Å²) >= 11 is 7.76. The molecule has 0 spiro atoms. The number of hydrogen-bond donors (Lipinski definition) is 0. The minimum atomic E-state index is 0.794. The lowest BCUT2D eigenvalue weighted by Gasteiger charge is -2.35. The minimum absolute atomic E-state index is 0.794. The molecule has 0 radical (unpaired) electrons. The molecule has 26 heavy (non-hydrogen) atoms. The molecule has 0 unspecified atom stereocenters. The first-order chi connectivity index (χ1) is 12.8. The van der Waals surface area contributed by atoms with Gasteiger partial charge in [-0.25, -0.2) is 4.98 Å². The predicted octanol–water partition coefficient (Wildman–Crippen LogP) is 4.71. The number of hydrogen-bond acceptors (Lipinski definition) is 4. The Morgan fingerprint density at radius 2 is 1.65 bits per heavy atom. The largest absolute Gasteiger partial charge is 0.369 e. The topological polar surface area (TPSA) is 19.4 Å². The number of anilines is 1. The van der Waals surface area contributed by atoms with Crippen molar-refractivity contribution in [2.45, 2.75) is 13.0 Å². The fourth-order valence-electron chi connectivity index (χ4n) is 3.32. The molecular weight excluding hydrogens is 362 g/mol. The monoisotopic (exact) mass is 383 g/mol. The Labute approximate surface area is 163 Å². The molecule has 3 nitrogen and oxygen atoms in total. The summed E-state index contributed by atoms with van der Waals surface area (Å²) in [6, 6.07) is 18.7. The summed E-state index contributed by atoms with van der Waals surface area (Å²) in [5.41, 5.74) is 3.78. The molecule has 3 aromatic rings. The molecule has 0 N–H and O–H groups in total. The van der Waals surface area contributed by atoms with Crippen LogP contribution in [0.25, 0.3) is 0 Å². The second-order valence-electron chi connectivity index (χ2n) is 6.63. The standard InChI is InChI=1S/C21H22ClN3S/c22-18-6-8-20(9-7-18)25-12-10-24(11-13-25)15-19-16-26-21(23-19)14-17-4-2-1-3-5-17/h1-9,16H,10-15H2. The Bertz CT molecular complexity index is 824. The van der Waals surface area contributed by atoms with E-state index in [0.29, 0.717) is 0 Å². The number of piperazine rings is 1. The van der Waals surface area contributed by atoms with Gasteiger partial charge in [-0.15, -0.1) is 11.3 Å². The highest BCUT2D eigenvalue weighted by Gasteiger charge is 2.18. The van der Waals surface area contributed by atoms with Gasteiger partial charge in [0.05, 0.1) is 10.7 Å². The fourth-order valence-corrected chi connectivity index (χ4v) is 4.26. The average molecular weight is 384 g/mol. The number of halogens is 1. The van der Waals surface area contributed by atoms with Gasteiger partial charge in [-0.2, -0.15) is 0 Å². The zero-order valence-electron chi connectivity index (χ0n) is 14.6. The lowest BCUT2D eigenvalue weighted by molar-refractivity contribution is 0.247. The SMILES string of the molecule is Clc1ccc(N2CCN(Cc3csc(Cc4ccccc4)n3)CC2)cc1. The number of rotatable bonds is 5. The Balaban J connectivity index is 1.30. The van der Waals surface area contributed by atoms with E-state index >= 15 is 0 Å². The molecule has 2 aromatic carbocycles. The van der Waals surface area contributed by atoms with Gasteiger partial charge in [0, 0.05) is 55.2 Å². The van der Waals surface area contributed by atoms with Gasteiger partial charge in [-0.05, 0) is 29.8 Å². The van der Waals surface area contributed by atoms with E-state index in [1.807, 2.05) is 12.1 Å². The van der Waals surface area contributed by atoms with Crippen LogP contribution in [0.3, 0.4) is 0 Å². The highest BCUT2D eigenvalue weighted by Crippen LogP contribution is 2.21. The van der Waals surface area contributed by atoms with Crippen molar-refractivity contribution in [1.29, 1.82) is 0 Å². The van der Waals surface area contributed by atoms with Crippen LogP contribution in [0.15, 0.2) is 60.0 Å². The van der Waals surface area contributed by atoms with Gasteiger partial charge in [0.1, 0.15) is 0 Å². The maximum atomic E-state index is 5.98. The van der Waals surface area contributed by atoms with Gasteiger partial charge in [-0.3, -0.25) is 4.90 Å². The molecule has 0 aliphatic carbocycles. The number of nitrogens with zero attached hydrogens (tertiary/aromatic N) is 3. The molecule has 1 aliphatic heterocycles. The van der Waals surface area contributed by atoms with E-state index in [1.54, 1.807) is 11.3 Å². The maximum Gasteiger partial charge on any atom is 0.0972 e. The first-order valence-corrected chi connectivity index (χ1v) is 10.2. The van der Waals surface area contributed by atoms with Crippen LogP contribution < -0.4 is 4.90 Å². The Kier molecular flexibility index (Phi) is 5.54. The molecule has 1 aromatic heterocycles. The summed E-state index contributed by atoms with van der Waals surface area (Å²) in [6.45, 7) is 5.16. The Morgan fingerprint density at radius 1 is 0.923 bits per heavy atom. The summed E-state index contributed by atoms with van der Waals surface area (Å²) in [5.74, 6) is 0. The third kappa shape index (κ3) is 4.44. The van der Waals surface area contributed by atoms with Crippen molar-refractivity contribution in [2.75, 3.05) is 31.1 Å². The van der Waals surface area contributed by atoms with E-state index < -0.39 is 0 Å². The molecule has 0 amide bonds. The minimum Gasteiger partial charge on any atom is -0.369 e. The summed E-state index contributed by atoms with van der Waals surface area (Å²) in [6.07, 6.45) is 0.926. The van der Waals surface area contributed by atoms with Crippen LogP contribution in [-0.2, 0) is 13.0 Å². The van der Waals surface area contributed by atoms with Gasteiger partial charge in [0.25, 0.3) is 0 Å². The molecule has 0 atom stereocenters. The second kappa shape index (κ2) is 8.21. The first kappa shape index (κ1) is 17.5. The van der Waals surface area contributed by atoms with Crippen molar-refractivity contribution >= 4 is 28.6 Å². The van der Waals surface area contributed by atoms with Gasteiger partial charge in [0.2, 0.25) is 0 Å². The summed E-state index contributed by atoms with van der Waals surface area (Å²) in [7, 11) is 0. The Morgan fingerprint density at radius 3 is 2.38 bits per heavy atom. The van der Waals surface area contributed by atoms with Gasteiger partial charge in [0.15, 0.2) is 0 Å².